The summed E-state index contributed by atoms with van der Waals surface area (Å²) in [7, 11) is 1.64. The predicted molar refractivity (Wildman–Crippen MR) is 123 cm³/mol. The number of nitrogens with zero attached hydrogens (tertiary/aromatic N) is 4. The topological polar surface area (TPSA) is 80.1 Å². The number of H-pyrrole nitrogens is 1. The summed E-state index contributed by atoms with van der Waals surface area (Å²) in [5.41, 5.74) is 7.13. The third kappa shape index (κ3) is 4.05. The van der Waals surface area contributed by atoms with Gasteiger partial charge in [-0.15, -0.1) is 0 Å². The van der Waals surface area contributed by atoms with Gasteiger partial charge in [0.15, 0.2) is 11.4 Å². The zero-order valence-corrected chi connectivity index (χ0v) is 19.0. The number of pyridine rings is 1. The van der Waals surface area contributed by atoms with E-state index < -0.39 is 0 Å². The Morgan fingerprint density at radius 2 is 1.77 bits per heavy atom. The minimum Gasteiger partial charge on any atom is -0.493 e. The van der Waals surface area contributed by atoms with Crippen LogP contribution in [0, 0.1) is 0 Å². The normalized spacial score (nSPS) is 12.8. The van der Waals surface area contributed by atoms with Crippen molar-refractivity contribution in [3.8, 4) is 28.3 Å². The van der Waals surface area contributed by atoms with E-state index in [1.165, 1.54) is 17.5 Å². The largest absolute Gasteiger partial charge is 0.493 e. The highest BCUT2D eigenvalue weighted by Gasteiger charge is 2.21. The van der Waals surface area contributed by atoms with Crippen molar-refractivity contribution in [2.75, 3.05) is 7.11 Å². The smallest absolute Gasteiger partial charge is 0.197 e. The van der Waals surface area contributed by atoms with Gasteiger partial charge in [-0.05, 0) is 30.0 Å². The van der Waals surface area contributed by atoms with E-state index in [0.29, 0.717) is 23.5 Å². The molecule has 1 aromatic carbocycles. The maximum atomic E-state index is 5.54. The van der Waals surface area contributed by atoms with Crippen molar-refractivity contribution in [1.82, 2.24) is 30.1 Å². The van der Waals surface area contributed by atoms with Crippen molar-refractivity contribution < 1.29 is 4.74 Å². The molecule has 0 amide bonds. The van der Waals surface area contributed by atoms with E-state index in [2.05, 4.69) is 79.4 Å². The molecule has 0 radical (unpaired) electrons. The molecular formula is C24H30N6O. The second-order valence-electron chi connectivity index (χ2n) is 8.51. The summed E-state index contributed by atoms with van der Waals surface area (Å²) >= 11 is 0. The first kappa shape index (κ1) is 21.1. The highest BCUT2D eigenvalue weighted by atomic mass is 16.5. The Hall–Kier alpha value is -3.19. The monoisotopic (exact) mass is 418 g/mol. The maximum absolute atomic E-state index is 5.54. The molecule has 3 heterocycles. The molecule has 0 bridgehead atoms. The molecule has 1 unspecified atom stereocenters. The molecule has 0 saturated carbocycles. The Morgan fingerprint density at radius 3 is 2.42 bits per heavy atom. The van der Waals surface area contributed by atoms with Crippen LogP contribution in [0.4, 0.5) is 0 Å². The number of benzene rings is 1. The number of fused-ring (bicyclic) bond motifs is 1. The quantitative estimate of drug-likeness (QED) is 0.443. The van der Waals surface area contributed by atoms with Gasteiger partial charge in [-0.1, -0.05) is 52.0 Å². The molecule has 0 aliphatic carbocycles. The number of aromatic amines is 1. The number of methoxy groups -OCH3 is 1. The van der Waals surface area contributed by atoms with Crippen LogP contribution in [0.5, 0.6) is 5.75 Å². The number of aromatic nitrogens is 5. The van der Waals surface area contributed by atoms with Gasteiger partial charge in [0.25, 0.3) is 0 Å². The molecule has 0 spiro atoms. The number of hydrogen-bond donors (Lipinski definition) is 2. The number of nitrogens with one attached hydrogen (secondary N) is 2. The van der Waals surface area contributed by atoms with Crippen molar-refractivity contribution in [3.05, 3.63) is 54.0 Å². The summed E-state index contributed by atoms with van der Waals surface area (Å²) in [5.74, 6) is 0.952. The summed E-state index contributed by atoms with van der Waals surface area (Å²) in [6.45, 7) is 10.9. The van der Waals surface area contributed by atoms with Crippen molar-refractivity contribution >= 4 is 5.65 Å². The van der Waals surface area contributed by atoms with E-state index in [-0.39, 0.29) is 5.92 Å². The molecule has 3 aromatic heterocycles. The summed E-state index contributed by atoms with van der Waals surface area (Å²) in [5, 5.41) is 15.8. The van der Waals surface area contributed by atoms with Crippen molar-refractivity contribution in [3.63, 3.8) is 0 Å². The first-order valence-corrected chi connectivity index (χ1v) is 10.7. The molecule has 4 rings (SSSR count). The second-order valence-corrected chi connectivity index (χ2v) is 8.51. The SMILES string of the molecule is COc1cc(-c2n[nH]c(-c3ccc(C(C)NC(C)C)cc3)c2C(C)C)cn2ncnc12. The standard InChI is InChI=1S/C24H30N6O/c1-14(2)21-22(18-9-7-17(8-10-18)16(5)27-15(3)4)28-29-23(21)19-11-20(31-6)24-25-13-26-30(24)12-19/h7-16,27H,1-6H3,(H,28,29). The van der Waals surface area contributed by atoms with Crippen LogP contribution >= 0.6 is 0 Å². The number of ether oxygens (including phenoxy) is 1. The maximum Gasteiger partial charge on any atom is 0.197 e. The lowest BCUT2D eigenvalue weighted by Gasteiger charge is -2.17. The van der Waals surface area contributed by atoms with Gasteiger partial charge in [-0.3, -0.25) is 5.10 Å². The van der Waals surface area contributed by atoms with Crippen LogP contribution in [0.1, 0.15) is 57.7 Å². The molecular weight excluding hydrogens is 388 g/mol. The Morgan fingerprint density at radius 1 is 1.03 bits per heavy atom. The van der Waals surface area contributed by atoms with E-state index in [9.17, 15) is 0 Å². The summed E-state index contributed by atoms with van der Waals surface area (Å²) in [6, 6.07) is 11.4. The fourth-order valence-corrected chi connectivity index (χ4v) is 4.06. The van der Waals surface area contributed by atoms with Gasteiger partial charge in [0, 0.05) is 29.4 Å². The number of hydrogen-bond acceptors (Lipinski definition) is 5. The highest BCUT2D eigenvalue weighted by molar-refractivity contribution is 5.76. The van der Waals surface area contributed by atoms with E-state index in [4.69, 9.17) is 9.84 Å². The molecule has 162 valence electrons. The lowest BCUT2D eigenvalue weighted by molar-refractivity contribution is 0.416. The zero-order valence-electron chi connectivity index (χ0n) is 19.0. The lowest BCUT2D eigenvalue weighted by Crippen LogP contribution is -2.25. The van der Waals surface area contributed by atoms with Gasteiger partial charge in [0.1, 0.15) is 6.33 Å². The van der Waals surface area contributed by atoms with Crippen LogP contribution in [0.2, 0.25) is 0 Å². The second kappa shape index (κ2) is 8.51. The van der Waals surface area contributed by atoms with Gasteiger partial charge in [-0.25, -0.2) is 9.50 Å². The zero-order chi connectivity index (χ0) is 22.1. The van der Waals surface area contributed by atoms with Gasteiger partial charge in [0.2, 0.25) is 0 Å². The first-order valence-electron chi connectivity index (χ1n) is 10.7. The molecule has 2 N–H and O–H groups in total. The van der Waals surface area contributed by atoms with Crippen molar-refractivity contribution in [2.45, 2.75) is 52.6 Å². The summed E-state index contributed by atoms with van der Waals surface area (Å²) < 4.78 is 7.26. The third-order valence-electron chi connectivity index (χ3n) is 5.50. The van der Waals surface area contributed by atoms with E-state index in [1.54, 1.807) is 11.6 Å². The lowest BCUT2D eigenvalue weighted by atomic mass is 9.93. The molecule has 7 nitrogen and oxygen atoms in total. The molecule has 4 aromatic rings. The summed E-state index contributed by atoms with van der Waals surface area (Å²) in [4.78, 5) is 4.27. The minimum atomic E-state index is 0.280. The molecule has 0 fully saturated rings. The van der Waals surface area contributed by atoms with E-state index in [1.807, 2.05) is 12.3 Å². The van der Waals surface area contributed by atoms with Crippen molar-refractivity contribution in [2.24, 2.45) is 0 Å². The van der Waals surface area contributed by atoms with Gasteiger partial charge in [-0.2, -0.15) is 10.2 Å². The number of rotatable bonds is 7. The fourth-order valence-electron chi connectivity index (χ4n) is 4.06. The van der Waals surface area contributed by atoms with Crippen LogP contribution in [-0.4, -0.2) is 37.9 Å². The predicted octanol–water partition coefficient (Wildman–Crippen LogP) is 4.98. The van der Waals surface area contributed by atoms with Crippen LogP contribution in [0.25, 0.3) is 28.2 Å². The average molecular weight is 419 g/mol. The first-order chi connectivity index (χ1) is 14.9. The molecule has 0 aliphatic heterocycles. The molecule has 0 saturated heterocycles. The minimum absolute atomic E-state index is 0.280. The van der Waals surface area contributed by atoms with E-state index in [0.717, 1.165) is 22.5 Å². The fraction of sp³-hybridized carbons (Fsp3) is 0.375. The van der Waals surface area contributed by atoms with Gasteiger partial charge in [0.05, 0.1) is 18.5 Å². The highest BCUT2D eigenvalue weighted by Crippen LogP contribution is 2.37. The molecule has 31 heavy (non-hydrogen) atoms. The molecule has 1 atom stereocenters. The Balaban J connectivity index is 1.75. The Bertz CT molecular complexity index is 1170. The van der Waals surface area contributed by atoms with Crippen LogP contribution in [-0.2, 0) is 0 Å². The van der Waals surface area contributed by atoms with Crippen molar-refractivity contribution in [1.29, 1.82) is 0 Å². The van der Waals surface area contributed by atoms with Gasteiger partial charge < -0.3 is 10.1 Å². The third-order valence-corrected chi connectivity index (χ3v) is 5.50. The molecule has 0 aliphatic rings. The Labute approximate surface area is 182 Å². The van der Waals surface area contributed by atoms with Crippen LogP contribution < -0.4 is 10.1 Å². The van der Waals surface area contributed by atoms with Crippen LogP contribution in [0.3, 0.4) is 0 Å². The molecule has 7 heteroatoms. The summed E-state index contributed by atoms with van der Waals surface area (Å²) in [6.07, 6.45) is 3.47. The van der Waals surface area contributed by atoms with E-state index >= 15 is 0 Å². The van der Waals surface area contributed by atoms with Crippen LogP contribution in [0.15, 0.2) is 42.9 Å². The van der Waals surface area contributed by atoms with Gasteiger partial charge >= 0.3 is 0 Å². The Kier molecular flexibility index (Phi) is 5.78. The average Bonchev–Trinajstić information content (AvgIpc) is 3.39.